The normalized spacial score (nSPS) is 14.5. The molecule has 0 unspecified atom stereocenters. The highest BCUT2D eigenvalue weighted by molar-refractivity contribution is 6.03. The fourth-order valence-electron chi connectivity index (χ4n) is 4.03. The zero-order chi connectivity index (χ0) is 21.4. The topological polar surface area (TPSA) is 80.1 Å². The Hall–Kier alpha value is -3.39. The Morgan fingerprint density at radius 3 is 2.68 bits per heavy atom. The lowest BCUT2D eigenvalue weighted by molar-refractivity contribution is 0.242. The summed E-state index contributed by atoms with van der Waals surface area (Å²) in [7, 11) is 2.03. The average molecular weight is 418 g/mol. The van der Waals surface area contributed by atoms with Gasteiger partial charge in [0.15, 0.2) is 0 Å². The summed E-state index contributed by atoms with van der Waals surface area (Å²) in [5, 5.41) is 8.81. The van der Waals surface area contributed by atoms with Gasteiger partial charge in [0.05, 0.1) is 23.5 Å². The molecule has 0 spiro atoms. The SMILES string of the molecule is CC(C)Oc1cc(Nc2ncc3ccc4ccn(C)c4c3n2)ncc1N1CCNCC1. The number of rotatable bonds is 5. The van der Waals surface area contributed by atoms with E-state index in [4.69, 9.17) is 9.72 Å². The van der Waals surface area contributed by atoms with Crippen molar-refractivity contribution in [3.05, 3.63) is 42.9 Å². The maximum Gasteiger partial charge on any atom is 0.228 e. The molecule has 8 nitrogen and oxygen atoms in total. The molecule has 160 valence electrons. The summed E-state index contributed by atoms with van der Waals surface area (Å²) < 4.78 is 8.21. The van der Waals surface area contributed by atoms with E-state index in [1.165, 1.54) is 0 Å². The number of aryl methyl sites for hydroxylation is 1. The summed E-state index contributed by atoms with van der Waals surface area (Å²) in [4.78, 5) is 16.2. The number of hydrogen-bond acceptors (Lipinski definition) is 7. The maximum atomic E-state index is 6.12. The van der Waals surface area contributed by atoms with Crippen LogP contribution in [0.5, 0.6) is 5.75 Å². The maximum absolute atomic E-state index is 6.12. The number of aromatic nitrogens is 4. The van der Waals surface area contributed by atoms with Gasteiger partial charge >= 0.3 is 0 Å². The molecule has 1 saturated heterocycles. The van der Waals surface area contributed by atoms with Gasteiger partial charge in [-0.2, -0.15) is 0 Å². The molecule has 1 aliphatic rings. The Morgan fingerprint density at radius 2 is 1.87 bits per heavy atom. The minimum Gasteiger partial charge on any atom is -0.489 e. The highest BCUT2D eigenvalue weighted by Gasteiger charge is 2.18. The Balaban J connectivity index is 1.49. The van der Waals surface area contributed by atoms with Crippen molar-refractivity contribution >= 4 is 39.3 Å². The van der Waals surface area contributed by atoms with Gasteiger partial charge in [0, 0.05) is 62.5 Å². The van der Waals surface area contributed by atoms with Crippen molar-refractivity contribution in [1.29, 1.82) is 0 Å². The van der Waals surface area contributed by atoms with E-state index in [1.807, 2.05) is 45.6 Å². The van der Waals surface area contributed by atoms with E-state index in [0.29, 0.717) is 11.8 Å². The number of fused-ring (bicyclic) bond motifs is 3. The van der Waals surface area contributed by atoms with Gasteiger partial charge in [-0.25, -0.2) is 15.0 Å². The largest absolute Gasteiger partial charge is 0.489 e. The molecule has 5 rings (SSSR count). The van der Waals surface area contributed by atoms with Gasteiger partial charge in [-0.1, -0.05) is 12.1 Å². The first-order chi connectivity index (χ1) is 15.1. The number of hydrogen-bond donors (Lipinski definition) is 2. The quantitative estimate of drug-likeness (QED) is 0.515. The highest BCUT2D eigenvalue weighted by atomic mass is 16.5. The first kappa shape index (κ1) is 19.6. The Morgan fingerprint density at radius 1 is 1.06 bits per heavy atom. The first-order valence-electron chi connectivity index (χ1n) is 10.7. The van der Waals surface area contributed by atoms with Crippen LogP contribution in [0.15, 0.2) is 42.9 Å². The molecular formula is C23H27N7O. The van der Waals surface area contributed by atoms with Gasteiger partial charge < -0.3 is 24.8 Å². The van der Waals surface area contributed by atoms with Gasteiger partial charge in [-0.15, -0.1) is 0 Å². The second kappa shape index (κ2) is 8.03. The third-order valence-electron chi connectivity index (χ3n) is 5.49. The average Bonchev–Trinajstić information content (AvgIpc) is 3.15. The number of nitrogens with zero attached hydrogens (tertiary/aromatic N) is 5. The third-order valence-corrected chi connectivity index (χ3v) is 5.49. The molecule has 1 aromatic carbocycles. The first-order valence-corrected chi connectivity index (χ1v) is 10.7. The van der Waals surface area contributed by atoms with Crippen molar-refractivity contribution in [1.82, 2.24) is 24.8 Å². The molecule has 3 aromatic heterocycles. The summed E-state index contributed by atoms with van der Waals surface area (Å²) in [6, 6.07) is 8.18. The van der Waals surface area contributed by atoms with Crippen LogP contribution < -0.4 is 20.3 Å². The molecule has 0 amide bonds. The van der Waals surface area contributed by atoms with Crippen LogP contribution in [0, 0.1) is 0 Å². The van der Waals surface area contributed by atoms with Crippen LogP contribution >= 0.6 is 0 Å². The van der Waals surface area contributed by atoms with Crippen LogP contribution in [0.1, 0.15) is 13.8 Å². The molecule has 0 aliphatic carbocycles. The van der Waals surface area contributed by atoms with E-state index >= 15 is 0 Å². The Labute approximate surface area is 181 Å². The number of piperazine rings is 1. The summed E-state index contributed by atoms with van der Waals surface area (Å²) in [5.41, 5.74) is 3.03. The summed E-state index contributed by atoms with van der Waals surface area (Å²) >= 11 is 0. The van der Waals surface area contributed by atoms with Crippen molar-refractivity contribution < 1.29 is 4.74 Å². The lowest BCUT2D eigenvalue weighted by Crippen LogP contribution is -2.43. The lowest BCUT2D eigenvalue weighted by Gasteiger charge is -2.31. The van der Waals surface area contributed by atoms with Crippen molar-refractivity contribution in [3.63, 3.8) is 0 Å². The minimum absolute atomic E-state index is 0.0689. The zero-order valence-electron chi connectivity index (χ0n) is 18.1. The van der Waals surface area contributed by atoms with Crippen molar-refractivity contribution in [3.8, 4) is 5.75 Å². The highest BCUT2D eigenvalue weighted by Crippen LogP contribution is 2.32. The Kier molecular flexibility index (Phi) is 5.07. The van der Waals surface area contributed by atoms with E-state index in [0.717, 1.165) is 59.4 Å². The fourth-order valence-corrected chi connectivity index (χ4v) is 4.03. The summed E-state index contributed by atoms with van der Waals surface area (Å²) in [6.07, 6.45) is 5.84. The molecule has 0 bridgehead atoms. The van der Waals surface area contributed by atoms with E-state index in [1.54, 1.807) is 0 Å². The predicted octanol–water partition coefficient (Wildman–Crippen LogP) is 3.46. The molecule has 0 saturated carbocycles. The van der Waals surface area contributed by atoms with Crippen LogP contribution in [-0.4, -0.2) is 51.8 Å². The molecule has 1 fully saturated rings. The molecule has 8 heteroatoms. The molecule has 0 radical (unpaired) electrons. The number of pyridine rings is 1. The number of ether oxygens (including phenoxy) is 1. The van der Waals surface area contributed by atoms with Crippen LogP contribution in [-0.2, 0) is 7.05 Å². The molecule has 0 atom stereocenters. The summed E-state index contributed by atoms with van der Waals surface area (Å²) in [6.45, 7) is 7.85. The number of anilines is 3. The smallest absolute Gasteiger partial charge is 0.228 e. The monoisotopic (exact) mass is 417 g/mol. The van der Waals surface area contributed by atoms with E-state index in [-0.39, 0.29) is 6.10 Å². The van der Waals surface area contributed by atoms with Crippen molar-refractivity contribution in [2.75, 3.05) is 36.4 Å². The van der Waals surface area contributed by atoms with E-state index < -0.39 is 0 Å². The second-order valence-corrected chi connectivity index (χ2v) is 8.13. The summed E-state index contributed by atoms with van der Waals surface area (Å²) in [5.74, 6) is 1.99. The fraction of sp³-hybridized carbons (Fsp3) is 0.348. The molecular weight excluding hydrogens is 390 g/mol. The second-order valence-electron chi connectivity index (χ2n) is 8.13. The third kappa shape index (κ3) is 3.86. The van der Waals surface area contributed by atoms with Gasteiger partial charge in [0.25, 0.3) is 0 Å². The van der Waals surface area contributed by atoms with E-state index in [9.17, 15) is 0 Å². The van der Waals surface area contributed by atoms with Gasteiger partial charge in [0.1, 0.15) is 17.1 Å². The standard InChI is InChI=1S/C23H27N7O/c1-15(2)31-19-12-20(25-14-18(19)30-10-7-24-8-11-30)27-23-26-13-17-5-4-16-6-9-29(3)22(16)21(17)28-23/h4-6,9,12-15,24H,7-8,10-11H2,1-3H3,(H,25,26,27,28). The molecule has 31 heavy (non-hydrogen) atoms. The minimum atomic E-state index is 0.0689. The molecule has 4 heterocycles. The Bertz CT molecular complexity index is 1230. The van der Waals surface area contributed by atoms with Crippen LogP contribution in [0.25, 0.3) is 21.8 Å². The van der Waals surface area contributed by atoms with Crippen molar-refractivity contribution in [2.45, 2.75) is 20.0 Å². The van der Waals surface area contributed by atoms with Crippen LogP contribution in [0.4, 0.5) is 17.5 Å². The molecule has 2 N–H and O–H groups in total. The number of nitrogens with one attached hydrogen (secondary N) is 2. The van der Waals surface area contributed by atoms with Gasteiger partial charge in [-0.05, 0) is 19.9 Å². The van der Waals surface area contributed by atoms with E-state index in [2.05, 4.69) is 48.3 Å². The van der Waals surface area contributed by atoms with Crippen LogP contribution in [0.2, 0.25) is 0 Å². The van der Waals surface area contributed by atoms with Gasteiger partial charge in [-0.3, -0.25) is 0 Å². The van der Waals surface area contributed by atoms with Crippen LogP contribution in [0.3, 0.4) is 0 Å². The zero-order valence-corrected chi connectivity index (χ0v) is 18.1. The molecule has 1 aliphatic heterocycles. The number of benzene rings is 1. The van der Waals surface area contributed by atoms with Gasteiger partial charge in [0.2, 0.25) is 5.95 Å². The lowest BCUT2D eigenvalue weighted by atomic mass is 10.2. The predicted molar refractivity (Wildman–Crippen MR) is 124 cm³/mol. The molecule has 4 aromatic rings. The van der Waals surface area contributed by atoms with Crippen molar-refractivity contribution in [2.24, 2.45) is 7.05 Å².